The highest BCUT2D eigenvalue weighted by atomic mass is 79.9. The van der Waals surface area contributed by atoms with Crippen LogP contribution < -0.4 is 5.32 Å². The maximum Gasteiger partial charge on any atom is 0.137 e. The van der Waals surface area contributed by atoms with Gasteiger partial charge in [-0.2, -0.15) is 0 Å². The van der Waals surface area contributed by atoms with Crippen molar-refractivity contribution in [2.24, 2.45) is 5.92 Å². The van der Waals surface area contributed by atoms with E-state index >= 15 is 0 Å². The molecule has 0 heterocycles. The zero-order chi connectivity index (χ0) is 14.5. The first-order chi connectivity index (χ1) is 8.81. The number of hydrogen-bond donors (Lipinski definition) is 1. The molecule has 0 aliphatic carbocycles. The minimum atomic E-state index is -0.191. The van der Waals surface area contributed by atoms with Crippen molar-refractivity contribution < 1.29 is 4.39 Å². The molecular formula is C16H25BrFN. The van der Waals surface area contributed by atoms with Crippen LogP contribution in [0.1, 0.15) is 46.1 Å². The van der Waals surface area contributed by atoms with Gasteiger partial charge in [0.15, 0.2) is 0 Å². The molecule has 0 aliphatic rings. The maximum atomic E-state index is 13.2. The van der Waals surface area contributed by atoms with Crippen molar-refractivity contribution in [3.8, 4) is 0 Å². The number of halogens is 2. The van der Waals surface area contributed by atoms with E-state index in [4.69, 9.17) is 0 Å². The normalized spacial score (nSPS) is 13.6. The van der Waals surface area contributed by atoms with E-state index in [0.29, 0.717) is 10.4 Å². The standard InChI is InChI=1S/C16H25BrFN/c1-5-6-13(11-19-16(2,3)4)9-12-7-8-15(18)14(17)10-12/h7-8,10,13,19H,5-6,9,11H2,1-4H3. The Balaban J connectivity index is 2.64. The molecule has 0 saturated carbocycles. The summed E-state index contributed by atoms with van der Waals surface area (Å²) in [6.07, 6.45) is 3.37. The third kappa shape index (κ3) is 6.53. The van der Waals surface area contributed by atoms with Crippen molar-refractivity contribution in [3.05, 3.63) is 34.1 Å². The summed E-state index contributed by atoms with van der Waals surface area (Å²) in [4.78, 5) is 0. The van der Waals surface area contributed by atoms with Crippen LogP contribution in [0.2, 0.25) is 0 Å². The molecule has 108 valence electrons. The largest absolute Gasteiger partial charge is 0.312 e. The number of nitrogens with one attached hydrogen (secondary N) is 1. The first-order valence-corrected chi connectivity index (χ1v) is 7.80. The Morgan fingerprint density at radius 2 is 2.00 bits per heavy atom. The Kier molecular flexibility index (Phi) is 6.48. The van der Waals surface area contributed by atoms with Crippen molar-refractivity contribution in [1.82, 2.24) is 5.32 Å². The van der Waals surface area contributed by atoms with E-state index in [1.165, 1.54) is 18.4 Å². The Morgan fingerprint density at radius 3 is 2.53 bits per heavy atom. The lowest BCUT2D eigenvalue weighted by Crippen LogP contribution is -2.39. The van der Waals surface area contributed by atoms with Gasteiger partial charge in [0.25, 0.3) is 0 Å². The highest BCUT2D eigenvalue weighted by Gasteiger charge is 2.14. The van der Waals surface area contributed by atoms with Crippen LogP contribution in [0.15, 0.2) is 22.7 Å². The van der Waals surface area contributed by atoms with Gasteiger partial charge in [0.05, 0.1) is 4.47 Å². The van der Waals surface area contributed by atoms with E-state index in [1.807, 2.05) is 12.1 Å². The van der Waals surface area contributed by atoms with E-state index < -0.39 is 0 Å². The van der Waals surface area contributed by atoms with Crippen molar-refractivity contribution >= 4 is 15.9 Å². The summed E-state index contributed by atoms with van der Waals surface area (Å²) in [6.45, 7) is 9.77. The van der Waals surface area contributed by atoms with Crippen LogP contribution in [0.3, 0.4) is 0 Å². The summed E-state index contributed by atoms with van der Waals surface area (Å²) in [5.41, 5.74) is 1.34. The molecule has 0 amide bonds. The zero-order valence-electron chi connectivity index (χ0n) is 12.4. The molecule has 1 aromatic rings. The van der Waals surface area contributed by atoms with Crippen LogP contribution in [0.5, 0.6) is 0 Å². The van der Waals surface area contributed by atoms with E-state index in [0.717, 1.165) is 13.0 Å². The smallest absolute Gasteiger partial charge is 0.137 e. The predicted molar refractivity (Wildman–Crippen MR) is 84.0 cm³/mol. The van der Waals surface area contributed by atoms with Crippen LogP contribution in [0.4, 0.5) is 4.39 Å². The highest BCUT2D eigenvalue weighted by Crippen LogP contribution is 2.21. The fraction of sp³-hybridized carbons (Fsp3) is 0.625. The van der Waals surface area contributed by atoms with Crippen LogP contribution in [-0.2, 0) is 6.42 Å². The van der Waals surface area contributed by atoms with Gasteiger partial charge < -0.3 is 5.32 Å². The zero-order valence-corrected chi connectivity index (χ0v) is 14.0. The van der Waals surface area contributed by atoms with Gasteiger partial charge in [0.1, 0.15) is 5.82 Å². The van der Waals surface area contributed by atoms with Crippen LogP contribution >= 0.6 is 15.9 Å². The molecule has 1 N–H and O–H groups in total. The fourth-order valence-electron chi connectivity index (χ4n) is 2.14. The quantitative estimate of drug-likeness (QED) is 0.779. The van der Waals surface area contributed by atoms with Gasteiger partial charge >= 0.3 is 0 Å². The third-order valence-corrected chi connectivity index (χ3v) is 3.73. The Hall–Kier alpha value is -0.410. The molecule has 1 nitrogen and oxygen atoms in total. The molecule has 0 fully saturated rings. The van der Waals surface area contributed by atoms with Crippen LogP contribution in [-0.4, -0.2) is 12.1 Å². The molecule has 1 unspecified atom stereocenters. The molecule has 0 aromatic heterocycles. The molecule has 0 spiro atoms. The first-order valence-electron chi connectivity index (χ1n) is 7.00. The summed E-state index contributed by atoms with van der Waals surface area (Å²) in [6, 6.07) is 5.33. The monoisotopic (exact) mass is 329 g/mol. The van der Waals surface area contributed by atoms with Gasteiger partial charge in [0.2, 0.25) is 0 Å². The Bertz CT molecular complexity index is 398. The van der Waals surface area contributed by atoms with Gasteiger partial charge in [0, 0.05) is 5.54 Å². The summed E-state index contributed by atoms with van der Waals surface area (Å²) in [5.74, 6) is 0.408. The molecule has 0 saturated heterocycles. The molecule has 1 aromatic carbocycles. The average Bonchev–Trinajstić information content (AvgIpc) is 2.30. The lowest BCUT2D eigenvalue weighted by Gasteiger charge is -2.25. The summed E-state index contributed by atoms with van der Waals surface area (Å²) < 4.78 is 13.8. The van der Waals surface area contributed by atoms with Crippen molar-refractivity contribution in [2.75, 3.05) is 6.54 Å². The summed E-state index contributed by atoms with van der Waals surface area (Å²) in [7, 11) is 0. The minimum Gasteiger partial charge on any atom is -0.312 e. The third-order valence-electron chi connectivity index (χ3n) is 3.13. The second kappa shape index (κ2) is 7.39. The molecule has 0 bridgehead atoms. The average molecular weight is 330 g/mol. The molecule has 0 radical (unpaired) electrons. The van der Waals surface area contributed by atoms with Crippen molar-refractivity contribution in [1.29, 1.82) is 0 Å². The second-order valence-electron chi connectivity index (χ2n) is 6.24. The summed E-state index contributed by atoms with van der Waals surface area (Å²) in [5, 5.41) is 3.57. The van der Waals surface area contributed by atoms with Gasteiger partial charge in [-0.05, 0) is 79.7 Å². The molecule has 1 atom stereocenters. The van der Waals surface area contributed by atoms with E-state index in [9.17, 15) is 4.39 Å². The lowest BCUT2D eigenvalue weighted by molar-refractivity contribution is 0.355. The Morgan fingerprint density at radius 1 is 1.32 bits per heavy atom. The van der Waals surface area contributed by atoms with Crippen molar-refractivity contribution in [3.63, 3.8) is 0 Å². The maximum absolute atomic E-state index is 13.2. The van der Waals surface area contributed by atoms with Gasteiger partial charge in [-0.25, -0.2) is 4.39 Å². The Labute approximate surface area is 125 Å². The molecular weight excluding hydrogens is 305 g/mol. The van der Waals surface area contributed by atoms with Gasteiger partial charge in [-0.1, -0.05) is 19.4 Å². The molecule has 19 heavy (non-hydrogen) atoms. The van der Waals surface area contributed by atoms with E-state index in [1.54, 1.807) is 6.07 Å². The second-order valence-corrected chi connectivity index (χ2v) is 7.09. The minimum absolute atomic E-state index is 0.148. The highest BCUT2D eigenvalue weighted by molar-refractivity contribution is 9.10. The van der Waals surface area contributed by atoms with Crippen LogP contribution in [0, 0.1) is 11.7 Å². The summed E-state index contributed by atoms with van der Waals surface area (Å²) >= 11 is 3.26. The number of hydrogen-bond acceptors (Lipinski definition) is 1. The van der Waals surface area contributed by atoms with E-state index in [2.05, 4.69) is 48.9 Å². The molecule has 3 heteroatoms. The van der Waals surface area contributed by atoms with Crippen molar-refractivity contribution in [2.45, 2.75) is 52.5 Å². The van der Waals surface area contributed by atoms with Crippen LogP contribution in [0.25, 0.3) is 0 Å². The van der Waals surface area contributed by atoms with E-state index in [-0.39, 0.29) is 11.4 Å². The predicted octanol–water partition coefficient (Wildman–Crippen LogP) is 4.94. The fourth-order valence-corrected chi connectivity index (χ4v) is 2.56. The van der Waals surface area contributed by atoms with Gasteiger partial charge in [-0.3, -0.25) is 0 Å². The first kappa shape index (κ1) is 16.6. The lowest BCUT2D eigenvalue weighted by atomic mass is 9.94. The van der Waals surface area contributed by atoms with Gasteiger partial charge in [-0.15, -0.1) is 0 Å². The topological polar surface area (TPSA) is 12.0 Å². The SMILES string of the molecule is CCCC(CNC(C)(C)C)Cc1ccc(F)c(Br)c1. The molecule has 1 rings (SSSR count). The number of rotatable bonds is 6. The molecule has 0 aliphatic heterocycles. The number of benzene rings is 1.